The first-order valence-electron chi connectivity index (χ1n) is 7.12. The largest absolute Gasteiger partial charge is 0.465 e. The normalized spacial score (nSPS) is 12.1. The molecule has 0 saturated heterocycles. The number of thiophene rings is 1. The first kappa shape index (κ1) is 15.7. The molecule has 0 amide bonds. The fraction of sp³-hybridized carbons (Fsp3) is 0.353. The third-order valence-corrected chi connectivity index (χ3v) is 4.25. The second kappa shape index (κ2) is 7.38. The van der Waals surface area contributed by atoms with Crippen molar-refractivity contribution in [1.82, 2.24) is 5.32 Å². The molecule has 0 spiro atoms. The SMILES string of the molecule is CCOC(=O)C(NCc1ccccc1)c1cc(C)sc1C. The van der Waals surface area contributed by atoms with Gasteiger partial charge in [-0.2, -0.15) is 0 Å². The van der Waals surface area contributed by atoms with Crippen LogP contribution in [0.1, 0.15) is 33.8 Å². The van der Waals surface area contributed by atoms with E-state index in [1.165, 1.54) is 4.88 Å². The lowest BCUT2D eigenvalue weighted by Crippen LogP contribution is -2.30. The highest BCUT2D eigenvalue weighted by Gasteiger charge is 2.24. The van der Waals surface area contributed by atoms with Crippen LogP contribution in [-0.4, -0.2) is 12.6 Å². The summed E-state index contributed by atoms with van der Waals surface area (Å²) >= 11 is 1.71. The molecule has 1 atom stereocenters. The van der Waals surface area contributed by atoms with E-state index in [9.17, 15) is 4.79 Å². The molecule has 1 aromatic carbocycles. The van der Waals surface area contributed by atoms with Crippen molar-refractivity contribution >= 4 is 17.3 Å². The van der Waals surface area contributed by atoms with Gasteiger partial charge in [0.25, 0.3) is 0 Å². The zero-order valence-electron chi connectivity index (χ0n) is 12.7. The first-order chi connectivity index (χ1) is 10.1. The summed E-state index contributed by atoms with van der Waals surface area (Å²) in [6.07, 6.45) is 0. The number of carbonyl (C=O) groups is 1. The van der Waals surface area contributed by atoms with Crippen molar-refractivity contribution in [3.8, 4) is 0 Å². The van der Waals surface area contributed by atoms with Crippen LogP contribution in [0.15, 0.2) is 36.4 Å². The Morgan fingerprint density at radius 1 is 1.29 bits per heavy atom. The molecule has 1 unspecified atom stereocenters. The van der Waals surface area contributed by atoms with Crippen molar-refractivity contribution in [1.29, 1.82) is 0 Å². The molecule has 0 saturated carbocycles. The minimum absolute atomic E-state index is 0.214. The standard InChI is InChI=1S/C17H21NO2S/c1-4-20-17(19)16(15-10-12(2)21-13(15)3)18-11-14-8-6-5-7-9-14/h5-10,16,18H,4,11H2,1-3H3. The Balaban J connectivity index is 2.16. The van der Waals surface area contributed by atoms with Crippen molar-refractivity contribution < 1.29 is 9.53 Å². The maximum absolute atomic E-state index is 12.2. The van der Waals surface area contributed by atoms with Crippen LogP contribution < -0.4 is 5.32 Å². The molecule has 3 nitrogen and oxygen atoms in total. The van der Waals surface area contributed by atoms with Crippen molar-refractivity contribution in [3.05, 3.63) is 57.3 Å². The van der Waals surface area contributed by atoms with Crippen LogP contribution in [-0.2, 0) is 16.1 Å². The summed E-state index contributed by atoms with van der Waals surface area (Å²) in [4.78, 5) is 14.6. The molecule has 2 aromatic rings. The third kappa shape index (κ3) is 4.16. The maximum Gasteiger partial charge on any atom is 0.327 e. The Morgan fingerprint density at radius 2 is 2.00 bits per heavy atom. The molecule has 0 bridgehead atoms. The van der Waals surface area contributed by atoms with Crippen LogP contribution >= 0.6 is 11.3 Å². The van der Waals surface area contributed by atoms with E-state index in [-0.39, 0.29) is 5.97 Å². The summed E-state index contributed by atoms with van der Waals surface area (Å²) in [5.41, 5.74) is 2.17. The summed E-state index contributed by atoms with van der Waals surface area (Å²) < 4.78 is 5.21. The maximum atomic E-state index is 12.2. The Bertz CT molecular complexity index is 592. The van der Waals surface area contributed by atoms with Gasteiger partial charge in [0.2, 0.25) is 0 Å². The van der Waals surface area contributed by atoms with Crippen LogP contribution in [0.3, 0.4) is 0 Å². The predicted octanol–water partition coefficient (Wildman–Crippen LogP) is 3.76. The van der Waals surface area contributed by atoms with E-state index in [0.29, 0.717) is 13.2 Å². The Hall–Kier alpha value is -1.65. The second-order valence-corrected chi connectivity index (χ2v) is 6.38. The summed E-state index contributed by atoms with van der Waals surface area (Å²) in [5, 5.41) is 3.32. The minimum Gasteiger partial charge on any atom is -0.465 e. The number of ether oxygens (including phenoxy) is 1. The fourth-order valence-electron chi connectivity index (χ4n) is 2.30. The molecule has 0 radical (unpaired) electrons. The lowest BCUT2D eigenvalue weighted by atomic mass is 10.1. The van der Waals surface area contributed by atoms with Gasteiger partial charge in [0.05, 0.1) is 6.61 Å². The lowest BCUT2D eigenvalue weighted by Gasteiger charge is -2.17. The van der Waals surface area contributed by atoms with E-state index in [2.05, 4.69) is 18.3 Å². The van der Waals surface area contributed by atoms with E-state index < -0.39 is 6.04 Å². The average molecular weight is 303 g/mol. The molecule has 4 heteroatoms. The number of nitrogens with one attached hydrogen (secondary N) is 1. The number of rotatable bonds is 6. The van der Waals surface area contributed by atoms with E-state index in [0.717, 1.165) is 16.0 Å². The number of hydrogen-bond acceptors (Lipinski definition) is 4. The number of hydrogen-bond donors (Lipinski definition) is 1. The van der Waals surface area contributed by atoms with Crippen LogP contribution in [0.25, 0.3) is 0 Å². The highest BCUT2D eigenvalue weighted by Crippen LogP contribution is 2.27. The average Bonchev–Trinajstić information content (AvgIpc) is 2.79. The number of aryl methyl sites for hydroxylation is 2. The zero-order valence-corrected chi connectivity index (χ0v) is 13.5. The van der Waals surface area contributed by atoms with Crippen LogP contribution in [0, 0.1) is 13.8 Å². The van der Waals surface area contributed by atoms with Gasteiger partial charge in [-0.05, 0) is 38.0 Å². The van der Waals surface area contributed by atoms with E-state index in [4.69, 9.17) is 4.74 Å². The highest BCUT2D eigenvalue weighted by atomic mass is 32.1. The van der Waals surface area contributed by atoms with Crippen molar-refractivity contribution in [2.45, 2.75) is 33.4 Å². The molecule has 112 valence electrons. The molecule has 1 aromatic heterocycles. The summed E-state index contributed by atoms with van der Waals surface area (Å²) in [7, 11) is 0. The van der Waals surface area contributed by atoms with Gasteiger partial charge < -0.3 is 4.74 Å². The predicted molar refractivity (Wildman–Crippen MR) is 86.4 cm³/mol. The van der Waals surface area contributed by atoms with Crippen molar-refractivity contribution in [2.75, 3.05) is 6.61 Å². The van der Waals surface area contributed by atoms with Crippen LogP contribution in [0.4, 0.5) is 0 Å². The van der Waals surface area contributed by atoms with Gasteiger partial charge in [-0.25, -0.2) is 4.79 Å². The van der Waals surface area contributed by atoms with Crippen molar-refractivity contribution in [2.24, 2.45) is 0 Å². The van der Waals surface area contributed by atoms with Crippen molar-refractivity contribution in [3.63, 3.8) is 0 Å². The number of esters is 1. The molecule has 0 aliphatic rings. The molecule has 0 aliphatic carbocycles. The fourth-order valence-corrected chi connectivity index (χ4v) is 3.26. The smallest absolute Gasteiger partial charge is 0.327 e. The molecule has 0 fully saturated rings. The second-order valence-electron chi connectivity index (χ2n) is 4.92. The first-order valence-corrected chi connectivity index (χ1v) is 7.94. The Labute approximate surface area is 130 Å². The molecule has 1 heterocycles. The monoisotopic (exact) mass is 303 g/mol. The minimum atomic E-state index is -0.407. The van der Waals surface area contributed by atoms with Gasteiger partial charge in [-0.3, -0.25) is 5.32 Å². The van der Waals surface area contributed by atoms with E-state index in [1.54, 1.807) is 11.3 Å². The molecule has 21 heavy (non-hydrogen) atoms. The van der Waals surface area contributed by atoms with E-state index in [1.807, 2.05) is 44.2 Å². The van der Waals surface area contributed by atoms with Gasteiger partial charge in [0.15, 0.2) is 0 Å². The van der Waals surface area contributed by atoms with Gasteiger partial charge in [0.1, 0.15) is 6.04 Å². The highest BCUT2D eigenvalue weighted by molar-refractivity contribution is 7.12. The molecular formula is C17H21NO2S. The third-order valence-electron chi connectivity index (χ3n) is 3.27. The Morgan fingerprint density at radius 3 is 2.57 bits per heavy atom. The molecule has 1 N–H and O–H groups in total. The van der Waals surface area contributed by atoms with Gasteiger partial charge in [-0.1, -0.05) is 30.3 Å². The molecule has 0 aliphatic heterocycles. The van der Waals surface area contributed by atoms with Gasteiger partial charge in [-0.15, -0.1) is 11.3 Å². The molecular weight excluding hydrogens is 282 g/mol. The summed E-state index contributed by atoms with van der Waals surface area (Å²) in [6, 6.07) is 11.7. The molecule has 2 rings (SSSR count). The quantitative estimate of drug-likeness (QED) is 0.826. The van der Waals surface area contributed by atoms with Gasteiger partial charge in [0, 0.05) is 16.3 Å². The number of carbonyl (C=O) groups excluding carboxylic acids is 1. The topological polar surface area (TPSA) is 38.3 Å². The van der Waals surface area contributed by atoms with Gasteiger partial charge >= 0.3 is 5.97 Å². The van der Waals surface area contributed by atoms with E-state index >= 15 is 0 Å². The lowest BCUT2D eigenvalue weighted by molar-refractivity contribution is -0.145. The van der Waals surface area contributed by atoms with Crippen LogP contribution in [0.2, 0.25) is 0 Å². The summed E-state index contributed by atoms with van der Waals surface area (Å²) in [6.45, 7) is 6.96. The Kier molecular flexibility index (Phi) is 5.53. The zero-order chi connectivity index (χ0) is 15.2. The van der Waals surface area contributed by atoms with Crippen LogP contribution in [0.5, 0.6) is 0 Å². The summed E-state index contributed by atoms with van der Waals surface area (Å²) in [5.74, 6) is -0.214. The number of benzene rings is 1.